The third-order valence-corrected chi connectivity index (χ3v) is 2.50. The molecule has 0 unspecified atom stereocenters. The van der Waals surface area contributed by atoms with Gasteiger partial charge in [0.1, 0.15) is 11.9 Å². The van der Waals surface area contributed by atoms with Gasteiger partial charge in [0, 0.05) is 5.56 Å². The largest absolute Gasteiger partial charge is 0.480 e. The smallest absolute Gasteiger partial charge is 0.320 e. The van der Waals surface area contributed by atoms with Crippen molar-refractivity contribution in [3.8, 4) is 11.5 Å². The number of rotatable bonds is 5. The Bertz CT molecular complexity index is 568. The molecule has 1 aromatic carbocycles. The summed E-state index contributed by atoms with van der Waals surface area (Å²) < 4.78 is 17.8. The highest BCUT2D eigenvalue weighted by Gasteiger charge is 2.13. The van der Waals surface area contributed by atoms with Gasteiger partial charge in [-0.15, -0.1) is 0 Å². The second kappa shape index (κ2) is 5.57. The quantitative estimate of drug-likeness (QED) is 0.850. The van der Waals surface area contributed by atoms with E-state index in [0.29, 0.717) is 11.4 Å². The zero-order chi connectivity index (χ0) is 13.8. The Kier molecular flexibility index (Phi) is 3.86. The molecule has 0 radical (unpaired) electrons. The van der Waals surface area contributed by atoms with Crippen molar-refractivity contribution < 1.29 is 18.8 Å². The van der Waals surface area contributed by atoms with Crippen molar-refractivity contribution >= 4 is 5.97 Å². The summed E-state index contributed by atoms with van der Waals surface area (Å²) in [6.45, 7) is 1.70. The molecule has 0 aliphatic carbocycles. The molecule has 0 saturated heterocycles. The van der Waals surface area contributed by atoms with Crippen LogP contribution < -0.4 is 5.32 Å². The summed E-state index contributed by atoms with van der Waals surface area (Å²) in [6.07, 6.45) is 0. The van der Waals surface area contributed by atoms with Gasteiger partial charge in [0.05, 0.1) is 6.54 Å². The van der Waals surface area contributed by atoms with E-state index in [2.05, 4.69) is 15.5 Å². The first-order chi connectivity index (χ1) is 9.06. The van der Waals surface area contributed by atoms with E-state index in [4.69, 9.17) is 9.63 Å². The number of hydrogen-bond acceptors (Lipinski definition) is 5. The summed E-state index contributed by atoms with van der Waals surface area (Å²) in [5, 5.41) is 15.1. The number of hydrogen-bond donors (Lipinski definition) is 2. The lowest BCUT2D eigenvalue weighted by Gasteiger charge is -2.05. The predicted octanol–water partition coefficient (Wildman–Crippen LogP) is 1.44. The topological polar surface area (TPSA) is 88.3 Å². The van der Waals surface area contributed by atoms with Gasteiger partial charge in [-0.05, 0) is 31.2 Å². The van der Waals surface area contributed by atoms with E-state index < -0.39 is 12.0 Å². The first-order valence-electron chi connectivity index (χ1n) is 5.61. The molecular formula is C12H12FN3O3. The lowest BCUT2D eigenvalue weighted by molar-refractivity contribution is -0.139. The highest BCUT2D eigenvalue weighted by atomic mass is 19.1. The standard InChI is InChI=1S/C12H12FN3O3/c1-7(12(17)18)14-6-10-15-11(19-16-10)8-2-4-9(13)5-3-8/h2-5,7,14H,6H2,1H3,(H,17,18)/t7-/m1/s1. The van der Waals surface area contributed by atoms with Crippen LogP contribution in [0.1, 0.15) is 12.7 Å². The van der Waals surface area contributed by atoms with Crippen molar-refractivity contribution in [1.82, 2.24) is 15.5 Å². The predicted molar refractivity (Wildman–Crippen MR) is 63.6 cm³/mol. The van der Waals surface area contributed by atoms with Crippen LogP contribution in [0.25, 0.3) is 11.5 Å². The van der Waals surface area contributed by atoms with Gasteiger partial charge in [0.15, 0.2) is 5.82 Å². The molecule has 0 aliphatic rings. The molecule has 1 aromatic heterocycles. The second-order valence-corrected chi connectivity index (χ2v) is 3.96. The number of nitrogens with one attached hydrogen (secondary N) is 1. The van der Waals surface area contributed by atoms with Crippen molar-refractivity contribution in [2.45, 2.75) is 19.5 Å². The number of carbonyl (C=O) groups is 1. The van der Waals surface area contributed by atoms with Crippen molar-refractivity contribution in [3.05, 3.63) is 35.9 Å². The molecule has 19 heavy (non-hydrogen) atoms. The maximum Gasteiger partial charge on any atom is 0.320 e. The minimum atomic E-state index is -0.956. The normalized spacial score (nSPS) is 12.3. The van der Waals surface area contributed by atoms with Crippen molar-refractivity contribution in [1.29, 1.82) is 0 Å². The average Bonchev–Trinajstić information content (AvgIpc) is 2.85. The zero-order valence-corrected chi connectivity index (χ0v) is 10.1. The van der Waals surface area contributed by atoms with E-state index >= 15 is 0 Å². The van der Waals surface area contributed by atoms with Crippen LogP contribution in [0.2, 0.25) is 0 Å². The molecule has 2 rings (SSSR count). The Morgan fingerprint density at radius 1 is 1.47 bits per heavy atom. The van der Waals surface area contributed by atoms with E-state index in [9.17, 15) is 9.18 Å². The SMILES string of the molecule is C[C@@H](NCc1noc(-c2ccc(F)cc2)n1)C(=O)O. The lowest BCUT2D eigenvalue weighted by atomic mass is 10.2. The maximum atomic E-state index is 12.8. The molecule has 0 bridgehead atoms. The van der Waals surface area contributed by atoms with Crippen LogP contribution >= 0.6 is 0 Å². The molecule has 2 N–H and O–H groups in total. The zero-order valence-electron chi connectivity index (χ0n) is 10.1. The Morgan fingerprint density at radius 3 is 2.79 bits per heavy atom. The van der Waals surface area contributed by atoms with Crippen LogP contribution in [0.5, 0.6) is 0 Å². The van der Waals surface area contributed by atoms with Crippen LogP contribution in [-0.4, -0.2) is 27.3 Å². The Labute approximate surface area is 108 Å². The van der Waals surface area contributed by atoms with Gasteiger partial charge >= 0.3 is 5.97 Å². The molecule has 0 spiro atoms. The Balaban J connectivity index is 2.03. The summed E-state index contributed by atoms with van der Waals surface area (Å²) in [7, 11) is 0. The summed E-state index contributed by atoms with van der Waals surface area (Å²) in [5.41, 5.74) is 0.603. The number of benzene rings is 1. The van der Waals surface area contributed by atoms with Gasteiger partial charge in [0.25, 0.3) is 5.89 Å². The highest BCUT2D eigenvalue weighted by Crippen LogP contribution is 2.17. The van der Waals surface area contributed by atoms with Crippen LogP contribution in [0.4, 0.5) is 4.39 Å². The van der Waals surface area contributed by atoms with Gasteiger partial charge in [0.2, 0.25) is 0 Å². The molecule has 0 aliphatic heterocycles. The maximum absolute atomic E-state index is 12.8. The van der Waals surface area contributed by atoms with Crippen molar-refractivity contribution in [2.24, 2.45) is 0 Å². The van der Waals surface area contributed by atoms with E-state index in [1.807, 2.05) is 0 Å². The van der Waals surface area contributed by atoms with Crippen molar-refractivity contribution in [3.63, 3.8) is 0 Å². The van der Waals surface area contributed by atoms with E-state index in [-0.39, 0.29) is 18.3 Å². The average molecular weight is 265 g/mol. The molecule has 7 heteroatoms. The highest BCUT2D eigenvalue weighted by molar-refractivity contribution is 5.72. The third-order valence-electron chi connectivity index (χ3n) is 2.50. The first kappa shape index (κ1) is 13.2. The molecule has 6 nitrogen and oxygen atoms in total. The van der Waals surface area contributed by atoms with Gasteiger partial charge in [-0.25, -0.2) is 4.39 Å². The summed E-state index contributed by atoms with van der Waals surface area (Å²) in [5.74, 6) is -0.699. The van der Waals surface area contributed by atoms with Crippen LogP contribution in [0, 0.1) is 5.82 Å². The summed E-state index contributed by atoms with van der Waals surface area (Å²) in [4.78, 5) is 14.7. The minimum absolute atomic E-state index is 0.179. The van der Waals surface area contributed by atoms with Crippen LogP contribution in [-0.2, 0) is 11.3 Å². The molecule has 2 aromatic rings. The number of carboxylic acids is 1. The molecule has 1 atom stereocenters. The van der Waals surface area contributed by atoms with Gasteiger partial charge < -0.3 is 9.63 Å². The number of aliphatic carboxylic acids is 1. The number of carboxylic acid groups (broad SMARTS) is 1. The first-order valence-corrected chi connectivity index (χ1v) is 5.61. The third kappa shape index (κ3) is 3.35. The summed E-state index contributed by atoms with van der Waals surface area (Å²) >= 11 is 0. The fourth-order valence-corrected chi connectivity index (χ4v) is 1.37. The lowest BCUT2D eigenvalue weighted by Crippen LogP contribution is -2.33. The molecule has 1 heterocycles. The van der Waals surface area contributed by atoms with Gasteiger partial charge in [-0.2, -0.15) is 4.98 Å². The number of nitrogens with zero attached hydrogens (tertiary/aromatic N) is 2. The molecule has 0 saturated carbocycles. The summed E-state index contributed by atoms with van der Waals surface area (Å²) in [6, 6.07) is 4.95. The fourth-order valence-electron chi connectivity index (χ4n) is 1.37. The number of halogens is 1. The Morgan fingerprint density at radius 2 is 2.16 bits per heavy atom. The van der Waals surface area contributed by atoms with E-state index in [1.165, 1.54) is 31.2 Å². The molecule has 0 amide bonds. The number of aromatic nitrogens is 2. The second-order valence-electron chi connectivity index (χ2n) is 3.96. The fraction of sp³-hybridized carbons (Fsp3) is 0.250. The molecule has 0 fully saturated rings. The Hall–Kier alpha value is -2.28. The van der Waals surface area contributed by atoms with Crippen LogP contribution in [0.3, 0.4) is 0 Å². The monoisotopic (exact) mass is 265 g/mol. The minimum Gasteiger partial charge on any atom is -0.480 e. The van der Waals surface area contributed by atoms with E-state index in [0.717, 1.165) is 0 Å². The van der Waals surface area contributed by atoms with Crippen LogP contribution in [0.15, 0.2) is 28.8 Å². The molecular weight excluding hydrogens is 253 g/mol. The van der Waals surface area contributed by atoms with Gasteiger partial charge in [-0.3, -0.25) is 10.1 Å². The molecule has 100 valence electrons. The van der Waals surface area contributed by atoms with Gasteiger partial charge in [-0.1, -0.05) is 5.16 Å². The van der Waals surface area contributed by atoms with Crippen molar-refractivity contribution in [2.75, 3.05) is 0 Å². The van der Waals surface area contributed by atoms with E-state index in [1.54, 1.807) is 0 Å².